The Bertz CT molecular complexity index is 243. The van der Waals surface area contributed by atoms with E-state index in [-0.39, 0.29) is 5.71 Å². The van der Waals surface area contributed by atoms with E-state index in [2.05, 4.69) is 4.99 Å². The highest BCUT2D eigenvalue weighted by Gasteiger charge is 2.12. The molecule has 4 heteroatoms. The second-order valence-electron chi connectivity index (χ2n) is 2.38. The van der Waals surface area contributed by atoms with E-state index in [9.17, 15) is 4.79 Å². The zero-order chi connectivity index (χ0) is 11.7. The molecule has 0 radical (unpaired) electrons. The maximum absolute atomic E-state index is 10.6. The Hall–Kier alpha value is -1.32. The summed E-state index contributed by atoms with van der Waals surface area (Å²) in [5.41, 5.74) is 6.72. The quantitative estimate of drug-likeness (QED) is 0.682. The van der Waals surface area contributed by atoms with Crippen molar-refractivity contribution in [3.8, 4) is 0 Å². The first-order valence-corrected chi connectivity index (χ1v) is 4.70. The minimum Gasteiger partial charge on any atom is -0.477 e. The van der Waals surface area contributed by atoms with E-state index < -0.39 is 5.97 Å². The highest BCUT2D eigenvalue weighted by molar-refractivity contribution is 6.42. The molecule has 0 saturated carbocycles. The standard InChI is InChI=1S/C8H14N2O2.C2H6/c1-4-6(9)5(2)7(10-3)8(11)12;1-2/h4,9H2,1-3H3,(H,11,12);1-2H3/b6-5-,10-7?;. The van der Waals surface area contributed by atoms with E-state index >= 15 is 0 Å². The van der Waals surface area contributed by atoms with E-state index in [4.69, 9.17) is 10.8 Å². The van der Waals surface area contributed by atoms with Crippen LogP contribution in [0.15, 0.2) is 16.3 Å². The first-order valence-electron chi connectivity index (χ1n) is 4.70. The van der Waals surface area contributed by atoms with Crippen molar-refractivity contribution in [2.75, 3.05) is 7.05 Å². The van der Waals surface area contributed by atoms with E-state index in [1.165, 1.54) is 7.05 Å². The summed E-state index contributed by atoms with van der Waals surface area (Å²) in [6, 6.07) is 0. The predicted octanol–water partition coefficient (Wildman–Crippen LogP) is 1.81. The molecular formula is C10H20N2O2. The molecule has 82 valence electrons. The van der Waals surface area contributed by atoms with Gasteiger partial charge in [-0.15, -0.1) is 0 Å². The Balaban J connectivity index is 0. The van der Waals surface area contributed by atoms with Crippen molar-refractivity contribution in [2.45, 2.75) is 34.1 Å². The van der Waals surface area contributed by atoms with Crippen molar-refractivity contribution in [3.05, 3.63) is 11.3 Å². The molecule has 0 amide bonds. The molecule has 0 heterocycles. The zero-order valence-electron chi connectivity index (χ0n) is 9.59. The summed E-state index contributed by atoms with van der Waals surface area (Å²) in [7, 11) is 1.44. The van der Waals surface area contributed by atoms with Crippen molar-refractivity contribution in [1.29, 1.82) is 0 Å². The van der Waals surface area contributed by atoms with Crippen LogP contribution in [0.1, 0.15) is 34.1 Å². The van der Waals surface area contributed by atoms with Gasteiger partial charge >= 0.3 is 5.97 Å². The lowest BCUT2D eigenvalue weighted by atomic mass is 10.1. The maximum Gasteiger partial charge on any atom is 0.354 e. The molecule has 4 nitrogen and oxygen atoms in total. The SMILES string of the molecule is CC.CC/C(N)=C(\C)C(=NC)C(=O)O. The van der Waals surface area contributed by atoms with Crippen LogP contribution in [0.5, 0.6) is 0 Å². The lowest BCUT2D eigenvalue weighted by Gasteiger charge is -2.04. The van der Waals surface area contributed by atoms with E-state index in [0.717, 1.165) is 0 Å². The molecule has 0 aromatic rings. The molecule has 0 unspecified atom stereocenters. The molecule has 0 aliphatic carbocycles. The Morgan fingerprint density at radius 1 is 1.43 bits per heavy atom. The number of nitrogens with zero attached hydrogens (tertiary/aromatic N) is 1. The molecule has 0 fully saturated rings. The molecule has 0 aromatic carbocycles. The smallest absolute Gasteiger partial charge is 0.354 e. The first kappa shape index (κ1) is 15.2. The number of allylic oxidation sites excluding steroid dienone is 1. The Morgan fingerprint density at radius 3 is 2.07 bits per heavy atom. The lowest BCUT2D eigenvalue weighted by Crippen LogP contribution is -2.17. The summed E-state index contributed by atoms with van der Waals surface area (Å²) in [5.74, 6) is -1.04. The van der Waals surface area contributed by atoms with E-state index in [0.29, 0.717) is 17.7 Å². The maximum atomic E-state index is 10.6. The van der Waals surface area contributed by atoms with Crippen LogP contribution in [0.2, 0.25) is 0 Å². The van der Waals surface area contributed by atoms with Gasteiger partial charge in [0, 0.05) is 18.3 Å². The lowest BCUT2D eigenvalue weighted by molar-refractivity contribution is -0.129. The monoisotopic (exact) mass is 200 g/mol. The van der Waals surface area contributed by atoms with Crippen LogP contribution in [0.25, 0.3) is 0 Å². The molecular weight excluding hydrogens is 180 g/mol. The van der Waals surface area contributed by atoms with Crippen molar-refractivity contribution >= 4 is 11.7 Å². The zero-order valence-corrected chi connectivity index (χ0v) is 9.59. The molecule has 3 N–H and O–H groups in total. The van der Waals surface area contributed by atoms with Gasteiger partial charge < -0.3 is 10.8 Å². The summed E-state index contributed by atoms with van der Waals surface area (Å²) in [6.45, 7) is 7.53. The van der Waals surface area contributed by atoms with Crippen molar-refractivity contribution < 1.29 is 9.90 Å². The minimum absolute atomic E-state index is 0.0364. The van der Waals surface area contributed by atoms with Gasteiger partial charge in [-0.05, 0) is 13.3 Å². The van der Waals surface area contributed by atoms with Crippen molar-refractivity contribution in [1.82, 2.24) is 0 Å². The number of nitrogens with two attached hydrogens (primary N) is 1. The van der Waals surface area contributed by atoms with Crippen LogP contribution < -0.4 is 5.73 Å². The molecule has 0 aliphatic heterocycles. The van der Waals surface area contributed by atoms with Crippen molar-refractivity contribution in [3.63, 3.8) is 0 Å². The van der Waals surface area contributed by atoms with Gasteiger partial charge in [0.25, 0.3) is 0 Å². The van der Waals surface area contributed by atoms with Crippen molar-refractivity contribution in [2.24, 2.45) is 10.7 Å². The predicted molar refractivity (Wildman–Crippen MR) is 59.5 cm³/mol. The van der Waals surface area contributed by atoms with Gasteiger partial charge in [-0.2, -0.15) is 0 Å². The number of rotatable bonds is 3. The molecule has 14 heavy (non-hydrogen) atoms. The fourth-order valence-electron chi connectivity index (χ4n) is 0.841. The van der Waals surface area contributed by atoms with Crippen LogP contribution in [-0.2, 0) is 4.79 Å². The highest BCUT2D eigenvalue weighted by Crippen LogP contribution is 2.04. The van der Waals surface area contributed by atoms with Crippen LogP contribution in [-0.4, -0.2) is 23.8 Å². The van der Waals surface area contributed by atoms with Crippen LogP contribution in [0.3, 0.4) is 0 Å². The first-order chi connectivity index (χ1) is 6.54. The summed E-state index contributed by atoms with van der Waals surface area (Å²) >= 11 is 0. The molecule has 0 bridgehead atoms. The molecule has 0 aliphatic rings. The highest BCUT2D eigenvalue weighted by atomic mass is 16.4. The van der Waals surface area contributed by atoms with Gasteiger partial charge in [-0.25, -0.2) is 4.79 Å². The Morgan fingerprint density at radius 2 is 1.86 bits per heavy atom. The molecule has 0 aromatic heterocycles. The summed E-state index contributed by atoms with van der Waals surface area (Å²) in [4.78, 5) is 14.2. The number of aliphatic imine (C=N–C) groups is 1. The second kappa shape index (κ2) is 8.29. The van der Waals surface area contributed by atoms with Gasteiger partial charge in [-0.3, -0.25) is 4.99 Å². The minimum atomic E-state index is -1.04. The number of carbonyl (C=O) groups is 1. The van der Waals surface area contributed by atoms with Gasteiger partial charge in [0.2, 0.25) is 0 Å². The largest absolute Gasteiger partial charge is 0.477 e. The van der Waals surface area contributed by atoms with Gasteiger partial charge in [0.1, 0.15) is 5.71 Å². The van der Waals surface area contributed by atoms with E-state index in [1.54, 1.807) is 6.92 Å². The van der Waals surface area contributed by atoms with E-state index in [1.807, 2.05) is 20.8 Å². The fraction of sp³-hybridized carbons (Fsp3) is 0.600. The topological polar surface area (TPSA) is 75.7 Å². The third kappa shape index (κ3) is 4.64. The van der Waals surface area contributed by atoms with Crippen LogP contribution in [0.4, 0.5) is 0 Å². The average Bonchev–Trinajstić information content (AvgIpc) is 2.20. The van der Waals surface area contributed by atoms with Gasteiger partial charge in [0.15, 0.2) is 0 Å². The third-order valence-electron chi connectivity index (χ3n) is 1.64. The number of carboxylic acids is 1. The summed E-state index contributed by atoms with van der Waals surface area (Å²) in [5, 5.41) is 8.67. The molecule has 0 saturated heterocycles. The fourth-order valence-corrected chi connectivity index (χ4v) is 0.841. The molecule has 0 spiro atoms. The molecule has 0 atom stereocenters. The second-order valence-corrected chi connectivity index (χ2v) is 2.38. The Labute approximate surface area is 85.5 Å². The van der Waals surface area contributed by atoms with Gasteiger partial charge in [0.05, 0.1) is 0 Å². The van der Waals surface area contributed by atoms with Crippen LogP contribution in [0, 0.1) is 0 Å². The van der Waals surface area contributed by atoms with Gasteiger partial charge in [-0.1, -0.05) is 20.8 Å². The Kier molecular flexibility index (Phi) is 8.98. The summed E-state index contributed by atoms with van der Waals surface area (Å²) < 4.78 is 0. The number of hydrogen-bond acceptors (Lipinski definition) is 3. The number of aliphatic carboxylic acids is 1. The average molecular weight is 200 g/mol. The molecule has 0 rings (SSSR count). The summed E-state index contributed by atoms with van der Waals surface area (Å²) in [6.07, 6.45) is 0.637. The third-order valence-corrected chi connectivity index (χ3v) is 1.64. The number of carboxylic acid groups (broad SMARTS) is 1. The normalized spacial score (nSPS) is 12.5. The number of hydrogen-bond donors (Lipinski definition) is 2. The van der Waals surface area contributed by atoms with Crippen LogP contribution >= 0.6 is 0 Å².